The van der Waals surface area contributed by atoms with Crippen LogP contribution in [0.25, 0.3) is 10.2 Å². The number of carbonyl (C=O) groups excluding carboxylic acids is 2. The van der Waals surface area contributed by atoms with E-state index in [1.54, 1.807) is 28.2 Å². The van der Waals surface area contributed by atoms with Crippen LogP contribution in [0.15, 0.2) is 24.3 Å². The Labute approximate surface area is 184 Å². The minimum Gasteiger partial charge on any atom is -0.341 e. The Bertz CT molecular complexity index is 977. The average Bonchev–Trinajstić information content (AvgIpc) is 3.39. The molecular weight excluding hydrogens is 422 g/mol. The van der Waals surface area contributed by atoms with Crippen LogP contribution < -0.4 is 20.4 Å². The Morgan fingerprint density at radius 2 is 1.47 bits per heavy atom. The summed E-state index contributed by atoms with van der Waals surface area (Å²) in [6.07, 6.45) is 0. The number of rotatable bonds is 2. The molecule has 1 aromatic carbocycles. The van der Waals surface area contributed by atoms with E-state index >= 15 is 0 Å². The minimum atomic E-state index is -0.188. The van der Waals surface area contributed by atoms with E-state index in [1.807, 2.05) is 24.3 Å². The topological polar surface area (TPSA) is 103 Å². The molecule has 3 rings (SSSR count). The van der Waals surface area contributed by atoms with Gasteiger partial charge in [-0.25, -0.2) is 14.6 Å². The number of urea groups is 2. The summed E-state index contributed by atoms with van der Waals surface area (Å²) >= 11 is 2.94. The number of hydrogen-bond donors (Lipinski definition) is 2. The van der Waals surface area contributed by atoms with E-state index < -0.39 is 0 Å². The fraction of sp³-hybridized carbons (Fsp3) is 0.421. The first-order chi connectivity index (χ1) is 14.1. The smallest absolute Gasteiger partial charge is 0.323 e. The number of para-hydroxylation sites is 1. The van der Waals surface area contributed by atoms with Crippen LogP contribution in [0, 0.1) is 0 Å². The number of carbonyl (C=O) groups is 2. The Balaban J connectivity index is 0.000000214. The summed E-state index contributed by atoms with van der Waals surface area (Å²) in [6, 6.07) is 7.48. The average molecular weight is 450 g/mol. The molecule has 2 aromatic heterocycles. The summed E-state index contributed by atoms with van der Waals surface area (Å²) in [6.45, 7) is 6.20. The predicted octanol–water partition coefficient (Wildman–Crippen LogP) is 3.68. The number of amides is 4. The first-order valence-electron chi connectivity index (χ1n) is 9.19. The lowest BCUT2D eigenvalue weighted by Gasteiger charge is -2.13. The van der Waals surface area contributed by atoms with Crippen LogP contribution in [0.4, 0.5) is 19.9 Å². The second kappa shape index (κ2) is 9.81. The molecular formula is C19H27N7O2S2. The molecule has 0 saturated heterocycles. The van der Waals surface area contributed by atoms with Gasteiger partial charge in [-0.2, -0.15) is 0 Å². The number of hydrogen-bond acceptors (Lipinski definition) is 7. The number of nitrogens with zero attached hydrogens (tertiary/aromatic N) is 5. The molecule has 0 aliphatic heterocycles. The molecule has 30 heavy (non-hydrogen) atoms. The van der Waals surface area contributed by atoms with Crippen molar-refractivity contribution in [3.8, 4) is 0 Å². The number of benzene rings is 1. The van der Waals surface area contributed by atoms with Crippen molar-refractivity contribution in [1.82, 2.24) is 25.8 Å². The quantitative estimate of drug-likeness (QED) is 0.621. The second-order valence-corrected chi connectivity index (χ2v) is 9.30. The molecule has 11 heteroatoms. The molecule has 162 valence electrons. The maximum absolute atomic E-state index is 11.4. The van der Waals surface area contributed by atoms with E-state index in [1.165, 1.54) is 32.5 Å². The Morgan fingerprint density at radius 3 is 1.97 bits per heavy atom. The van der Waals surface area contributed by atoms with Crippen LogP contribution in [0.5, 0.6) is 0 Å². The zero-order chi connectivity index (χ0) is 22.5. The van der Waals surface area contributed by atoms with Gasteiger partial charge in [0.1, 0.15) is 5.01 Å². The molecule has 9 nitrogen and oxygen atoms in total. The molecule has 3 aromatic rings. The Hall–Kier alpha value is -2.79. The van der Waals surface area contributed by atoms with Crippen LogP contribution >= 0.6 is 22.7 Å². The molecule has 0 bridgehead atoms. The van der Waals surface area contributed by atoms with Gasteiger partial charge < -0.3 is 10.6 Å². The van der Waals surface area contributed by atoms with Crippen LogP contribution in [0.1, 0.15) is 25.8 Å². The first kappa shape index (κ1) is 23.5. The van der Waals surface area contributed by atoms with E-state index in [9.17, 15) is 9.59 Å². The highest BCUT2D eigenvalue weighted by molar-refractivity contribution is 7.22. The van der Waals surface area contributed by atoms with Crippen molar-refractivity contribution in [2.45, 2.75) is 26.2 Å². The number of anilines is 2. The summed E-state index contributed by atoms with van der Waals surface area (Å²) < 4.78 is 1.09. The molecule has 0 radical (unpaired) electrons. The van der Waals surface area contributed by atoms with Gasteiger partial charge in [-0.1, -0.05) is 55.6 Å². The molecule has 2 heterocycles. The van der Waals surface area contributed by atoms with Crippen LogP contribution in [-0.4, -0.2) is 55.4 Å². The molecule has 0 atom stereocenters. The van der Waals surface area contributed by atoms with Crippen LogP contribution in [-0.2, 0) is 5.41 Å². The van der Waals surface area contributed by atoms with Gasteiger partial charge in [-0.05, 0) is 12.1 Å². The van der Waals surface area contributed by atoms with Gasteiger partial charge in [-0.15, -0.1) is 10.2 Å². The van der Waals surface area contributed by atoms with Crippen molar-refractivity contribution in [2.75, 3.05) is 38.0 Å². The number of aromatic nitrogens is 3. The largest absolute Gasteiger partial charge is 0.341 e. The van der Waals surface area contributed by atoms with Gasteiger partial charge in [-0.3, -0.25) is 9.80 Å². The molecule has 0 fully saturated rings. The van der Waals surface area contributed by atoms with Crippen LogP contribution in [0.2, 0.25) is 0 Å². The maximum Gasteiger partial charge on any atom is 0.323 e. The molecule has 0 saturated carbocycles. The molecule has 4 amide bonds. The molecule has 2 N–H and O–H groups in total. The van der Waals surface area contributed by atoms with Crippen molar-refractivity contribution in [3.05, 3.63) is 29.3 Å². The lowest BCUT2D eigenvalue weighted by molar-refractivity contribution is 0.248. The highest BCUT2D eigenvalue weighted by Crippen LogP contribution is 2.29. The van der Waals surface area contributed by atoms with Crippen LogP contribution in [0.3, 0.4) is 0 Å². The first-order valence-corrected chi connectivity index (χ1v) is 10.8. The van der Waals surface area contributed by atoms with Gasteiger partial charge in [0.2, 0.25) is 5.13 Å². The Morgan fingerprint density at radius 1 is 0.900 bits per heavy atom. The molecule has 0 aliphatic carbocycles. The van der Waals surface area contributed by atoms with Crippen molar-refractivity contribution in [3.63, 3.8) is 0 Å². The molecule has 0 spiro atoms. The van der Waals surface area contributed by atoms with Gasteiger partial charge in [0.05, 0.1) is 10.2 Å². The van der Waals surface area contributed by atoms with E-state index in [-0.39, 0.29) is 17.5 Å². The third kappa shape index (κ3) is 5.63. The van der Waals surface area contributed by atoms with Crippen molar-refractivity contribution >= 4 is 55.2 Å². The zero-order valence-electron chi connectivity index (χ0n) is 18.2. The summed E-state index contributed by atoms with van der Waals surface area (Å²) in [5.74, 6) is 0. The fourth-order valence-corrected chi connectivity index (χ4v) is 3.95. The summed E-state index contributed by atoms with van der Waals surface area (Å²) in [5, 5.41) is 15.4. The normalized spacial score (nSPS) is 10.8. The summed E-state index contributed by atoms with van der Waals surface area (Å²) in [5.41, 5.74) is 0.896. The summed E-state index contributed by atoms with van der Waals surface area (Å²) in [7, 11) is 6.57. The van der Waals surface area contributed by atoms with Crippen molar-refractivity contribution in [2.24, 2.45) is 0 Å². The number of fused-ring (bicyclic) bond motifs is 1. The molecule has 0 aliphatic rings. The van der Waals surface area contributed by atoms with E-state index in [4.69, 9.17) is 0 Å². The van der Waals surface area contributed by atoms with Crippen molar-refractivity contribution in [1.29, 1.82) is 0 Å². The standard InChI is InChI=1S/C10H11N3OS.C9H16N4OS/c1-11-9(14)13(2)10-12-7-5-3-4-6-8(7)15-10;1-9(2,3)6-11-12-8(15-6)13(5)7(14)10-4/h3-6H,1-2H3,(H,11,14);1-5H3,(H,10,14). The van der Waals surface area contributed by atoms with Gasteiger partial charge in [0.15, 0.2) is 5.13 Å². The Kier molecular flexibility index (Phi) is 7.68. The second-order valence-electron chi connectivity index (χ2n) is 7.33. The summed E-state index contributed by atoms with van der Waals surface area (Å²) in [4.78, 5) is 30.0. The lowest BCUT2D eigenvalue weighted by Crippen LogP contribution is -2.34. The number of nitrogens with one attached hydrogen (secondary N) is 2. The molecule has 0 unspecified atom stereocenters. The lowest BCUT2D eigenvalue weighted by atomic mass is 9.98. The van der Waals surface area contributed by atoms with Gasteiger partial charge in [0.25, 0.3) is 0 Å². The van der Waals surface area contributed by atoms with E-state index in [0.717, 1.165) is 15.2 Å². The van der Waals surface area contributed by atoms with Gasteiger partial charge in [0, 0.05) is 33.6 Å². The highest BCUT2D eigenvalue weighted by atomic mass is 32.1. The zero-order valence-corrected chi connectivity index (χ0v) is 19.8. The van der Waals surface area contributed by atoms with Crippen molar-refractivity contribution < 1.29 is 9.59 Å². The highest BCUT2D eigenvalue weighted by Gasteiger charge is 2.22. The predicted molar refractivity (Wildman–Crippen MR) is 124 cm³/mol. The third-order valence-corrected chi connectivity index (χ3v) is 6.49. The van der Waals surface area contributed by atoms with Gasteiger partial charge >= 0.3 is 12.1 Å². The third-order valence-electron chi connectivity index (χ3n) is 3.95. The minimum absolute atomic E-state index is 0.0283. The van der Waals surface area contributed by atoms with E-state index in [2.05, 4.69) is 46.6 Å². The fourth-order valence-electron chi connectivity index (χ4n) is 2.17. The van der Waals surface area contributed by atoms with E-state index in [0.29, 0.717) is 10.3 Å². The monoisotopic (exact) mass is 449 g/mol. The maximum atomic E-state index is 11.4. The SMILES string of the molecule is CNC(=O)N(C)c1nc2ccccc2s1.CNC(=O)N(C)c1nnc(C(C)(C)C)s1. The number of thiazole rings is 1.